The van der Waals surface area contributed by atoms with E-state index >= 15 is 0 Å². The van der Waals surface area contributed by atoms with Gasteiger partial charge in [-0.1, -0.05) is 6.08 Å². The summed E-state index contributed by atoms with van der Waals surface area (Å²) in [5.41, 5.74) is 5.64. The number of hydrogen-bond donors (Lipinski definition) is 3. The fourth-order valence-electron chi connectivity index (χ4n) is 0.759. The fraction of sp³-hybridized carbons (Fsp3) is 0.625. The molecule has 12 heavy (non-hydrogen) atoms. The molecule has 0 radical (unpaired) electrons. The van der Waals surface area contributed by atoms with Gasteiger partial charge in [0.2, 0.25) is 5.91 Å². The number of hydrogen-bond acceptors (Lipinski definition) is 3. The van der Waals surface area contributed by atoms with E-state index in [0.29, 0.717) is 25.1 Å². The lowest BCUT2D eigenvalue weighted by Crippen LogP contribution is -2.26. The first-order valence-electron chi connectivity index (χ1n) is 3.99. The Morgan fingerprint density at radius 2 is 2.33 bits per heavy atom. The predicted octanol–water partition coefficient (Wildman–Crippen LogP) is -0.610. The van der Waals surface area contributed by atoms with Crippen LogP contribution in [0, 0.1) is 0 Å². The zero-order valence-electron chi connectivity index (χ0n) is 7.34. The Balaban J connectivity index is 3.54. The van der Waals surface area contributed by atoms with Crippen LogP contribution < -0.4 is 11.1 Å². The van der Waals surface area contributed by atoms with Gasteiger partial charge < -0.3 is 16.2 Å². The molecule has 4 heteroatoms. The molecule has 0 fully saturated rings. The van der Waals surface area contributed by atoms with Crippen LogP contribution in [0.1, 0.15) is 13.3 Å². The molecule has 0 saturated carbocycles. The minimum absolute atomic E-state index is 0.161. The SMILES string of the molecule is C/C=C(\CNCCCO)C(N)=O. The summed E-state index contributed by atoms with van der Waals surface area (Å²) in [6.45, 7) is 3.11. The van der Waals surface area contributed by atoms with E-state index in [0.717, 1.165) is 0 Å². The molecular formula is C8H16N2O2. The summed E-state index contributed by atoms with van der Waals surface area (Å²) in [5, 5.41) is 11.4. The third-order valence-electron chi connectivity index (χ3n) is 1.49. The van der Waals surface area contributed by atoms with Crippen molar-refractivity contribution in [3.8, 4) is 0 Å². The monoisotopic (exact) mass is 172 g/mol. The zero-order valence-corrected chi connectivity index (χ0v) is 7.34. The first-order valence-corrected chi connectivity index (χ1v) is 3.99. The first kappa shape index (κ1) is 11.1. The number of nitrogens with two attached hydrogens (primary N) is 1. The van der Waals surface area contributed by atoms with E-state index in [1.807, 2.05) is 0 Å². The quantitative estimate of drug-likeness (QED) is 0.369. The lowest BCUT2D eigenvalue weighted by molar-refractivity contribution is -0.114. The Labute approximate surface area is 72.4 Å². The van der Waals surface area contributed by atoms with E-state index in [-0.39, 0.29) is 6.61 Å². The van der Waals surface area contributed by atoms with Gasteiger partial charge in [0.25, 0.3) is 0 Å². The highest BCUT2D eigenvalue weighted by Crippen LogP contribution is 1.89. The van der Waals surface area contributed by atoms with Crippen LogP contribution in [0.5, 0.6) is 0 Å². The van der Waals surface area contributed by atoms with E-state index in [4.69, 9.17) is 10.8 Å². The van der Waals surface area contributed by atoms with Gasteiger partial charge in [-0.25, -0.2) is 0 Å². The average Bonchev–Trinajstić information content (AvgIpc) is 2.04. The molecule has 0 aromatic heterocycles. The molecule has 70 valence electrons. The van der Waals surface area contributed by atoms with Crippen molar-refractivity contribution in [3.63, 3.8) is 0 Å². The van der Waals surface area contributed by atoms with Crippen molar-refractivity contribution in [3.05, 3.63) is 11.6 Å². The van der Waals surface area contributed by atoms with Crippen molar-refractivity contribution >= 4 is 5.91 Å². The minimum Gasteiger partial charge on any atom is -0.396 e. The molecule has 0 heterocycles. The number of carbonyl (C=O) groups excluding carboxylic acids is 1. The molecule has 0 aromatic carbocycles. The Morgan fingerprint density at radius 3 is 2.75 bits per heavy atom. The molecule has 0 aromatic rings. The number of allylic oxidation sites excluding steroid dienone is 1. The van der Waals surface area contributed by atoms with Crippen molar-refractivity contribution in [1.29, 1.82) is 0 Å². The molecule has 1 amide bonds. The Bertz CT molecular complexity index is 166. The van der Waals surface area contributed by atoms with E-state index < -0.39 is 5.91 Å². The number of carbonyl (C=O) groups is 1. The van der Waals surface area contributed by atoms with E-state index in [1.165, 1.54) is 0 Å². The molecule has 0 aliphatic carbocycles. The van der Waals surface area contributed by atoms with Crippen LogP contribution in [-0.2, 0) is 4.79 Å². The zero-order chi connectivity index (χ0) is 9.40. The van der Waals surface area contributed by atoms with Crippen molar-refractivity contribution in [1.82, 2.24) is 5.32 Å². The summed E-state index contributed by atoms with van der Waals surface area (Å²) < 4.78 is 0. The maximum atomic E-state index is 10.7. The predicted molar refractivity (Wildman–Crippen MR) is 47.5 cm³/mol. The summed E-state index contributed by atoms with van der Waals surface area (Å²) in [6, 6.07) is 0. The number of primary amides is 1. The summed E-state index contributed by atoms with van der Waals surface area (Å²) in [5.74, 6) is -0.394. The van der Waals surface area contributed by atoms with Crippen molar-refractivity contribution < 1.29 is 9.90 Å². The highest BCUT2D eigenvalue weighted by Gasteiger charge is 2.01. The van der Waals surface area contributed by atoms with Crippen molar-refractivity contribution in [2.75, 3.05) is 19.7 Å². The van der Waals surface area contributed by atoms with Gasteiger partial charge in [0, 0.05) is 18.7 Å². The maximum Gasteiger partial charge on any atom is 0.245 e. The highest BCUT2D eigenvalue weighted by atomic mass is 16.3. The lowest BCUT2D eigenvalue weighted by Gasteiger charge is -2.03. The van der Waals surface area contributed by atoms with Crippen LogP contribution in [0.4, 0.5) is 0 Å². The number of aliphatic hydroxyl groups excluding tert-OH is 1. The molecule has 0 aliphatic heterocycles. The Hall–Kier alpha value is -0.870. The van der Waals surface area contributed by atoms with Crippen LogP contribution in [0.25, 0.3) is 0 Å². The summed E-state index contributed by atoms with van der Waals surface area (Å²) in [7, 11) is 0. The third-order valence-corrected chi connectivity index (χ3v) is 1.49. The second-order valence-corrected chi connectivity index (χ2v) is 2.43. The van der Waals surface area contributed by atoms with Gasteiger partial charge in [0.15, 0.2) is 0 Å². The fourth-order valence-corrected chi connectivity index (χ4v) is 0.759. The highest BCUT2D eigenvalue weighted by molar-refractivity contribution is 5.92. The molecule has 0 atom stereocenters. The lowest BCUT2D eigenvalue weighted by atomic mass is 10.2. The summed E-state index contributed by atoms with van der Waals surface area (Å²) >= 11 is 0. The smallest absolute Gasteiger partial charge is 0.245 e. The van der Waals surface area contributed by atoms with Crippen LogP contribution in [-0.4, -0.2) is 30.7 Å². The van der Waals surface area contributed by atoms with Crippen molar-refractivity contribution in [2.24, 2.45) is 5.73 Å². The van der Waals surface area contributed by atoms with E-state index in [9.17, 15) is 4.79 Å². The molecule has 4 N–H and O–H groups in total. The Morgan fingerprint density at radius 1 is 1.67 bits per heavy atom. The third kappa shape index (κ3) is 4.87. The van der Waals surface area contributed by atoms with Crippen LogP contribution in [0.2, 0.25) is 0 Å². The molecule has 0 unspecified atom stereocenters. The van der Waals surface area contributed by atoms with Gasteiger partial charge in [0.05, 0.1) is 0 Å². The standard InChI is InChI=1S/C8H16N2O2/c1-2-7(8(9)12)6-10-4-3-5-11/h2,10-11H,3-6H2,1H3,(H2,9,12)/b7-2+. The van der Waals surface area contributed by atoms with E-state index in [2.05, 4.69) is 5.32 Å². The summed E-state index contributed by atoms with van der Waals surface area (Å²) in [6.07, 6.45) is 2.38. The first-order chi connectivity index (χ1) is 5.72. The normalized spacial score (nSPS) is 11.7. The van der Waals surface area contributed by atoms with Gasteiger partial charge in [-0.05, 0) is 19.9 Å². The summed E-state index contributed by atoms with van der Waals surface area (Å²) in [4.78, 5) is 10.7. The average molecular weight is 172 g/mol. The second-order valence-electron chi connectivity index (χ2n) is 2.43. The Kier molecular flexibility index (Phi) is 6.32. The number of nitrogens with one attached hydrogen (secondary N) is 1. The number of aliphatic hydroxyl groups is 1. The van der Waals surface area contributed by atoms with Gasteiger partial charge in [-0.15, -0.1) is 0 Å². The minimum atomic E-state index is -0.394. The van der Waals surface area contributed by atoms with Crippen LogP contribution in [0.15, 0.2) is 11.6 Å². The van der Waals surface area contributed by atoms with Gasteiger partial charge in [-0.3, -0.25) is 4.79 Å². The van der Waals surface area contributed by atoms with Gasteiger partial charge in [-0.2, -0.15) is 0 Å². The number of amides is 1. The molecule has 4 nitrogen and oxygen atoms in total. The van der Waals surface area contributed by atoms with Crippen molar-refractivity contribution in [2.45, 2.75) is 13.3 Å². The molecule has 0 bridgehead atoms. The largest absolute Gasteiger partial charge is 0.396 e. The molecule has 0 saturated heterocycles. The second kappa shape index (κ2) is 6.82. The molecule has 0 spiro atoms. The van der Waals surface area contributed by atoms with E-state index in [1.54, 1.807) is 13.0 Å². The van der Waals surface area contributed by atoms with Crippen LogP contribution >= 0.6 is 0 Å². The van der Waals surface area contributed by atoms with Crippen LogP contribution in [0.3, 0.4) is 0 Å². The molecule has 0 rings (SSSR count). The number of rotatable bonds is 6. The maximum absolute atomic E-state index is 10.7. The van der Waals surface area contributed by atoms with Gasteiger partial charge >= 0.3 is 0 Å². The molecule has 0 aliphatic rings. The van der Waals surface area contributed by atoms with Gasteiger partial charge in [0.1, 0.15) is 0 Å². The molecular weight excluding hydrogens is 156 g/mol. The topological polar surface area (TPSA) is 75.3 Å².